The minimum absolute atomic E-state index is 0.0725. The van der Waals surface area contributed by atoms with Gasteiger partial charge in [-0.3, -0.25) is 9.79 Å². The van der Waals surface area contributed by atoms with Crippen molar-refractivity contribution in [3.8, 4) is 5.75 Å². The number of hydrogen-bond donors (Lipinski definition) is 1. The molecule has 4 nitrogen and oxygen atoms in total. The van der Waals surface area contributed by atoms with Gasteiger partial charge in [-0.15, -0.1) is 0 Å². The molecule has 0 spiro atoms. The van der Waals surface area contributed by atoms with Gasteiger partial charge in [-0.05, 0) is 12.1 Å². The van der Waals surface area contributed by atoms with E-state index >= 15 is 0 Å². The molecule has 0 aliphatic carbocycles. The minimum atomic E-state index is -0.0725. The summed E-state index contributed by atoms with van der Waals surface area (Å²) in [7, 11) is 0. The molecule has 0 saturated carbocycles. The van der Waals surface area contributed by atoms with Crippen LogP contribution in [0.4, 0.5) is 0 Å². The Labute approximate surface area is 81.6 Å². The van der Waals surface area contributed by atoms with E-state index in [4.69, 9.17) is 4.74 Å². The lowest BCUT2D eigenvalue weighted by atomic mass is 10.3. The summed E-state index contributed by atoms with van der Waals surface area (Å²) in [5, 5.41) is 2.61. The monoisotopic (exact) mass is 190 g/mol. The fraction of sp³-hybridized carbons (Fsp3) is 0.200. The average molecular weight is 190 g/mol. The summed E-state index contributed by atoms with van der Waals surface area (Å²) in [6.45, 7) is 0.531. The van der Waals surface area contributed by atoms with E-state index in [1.54, 1.807) is 0 Å². The first-order valence-electron chi connectivity index (χ1n) is 4.35. The first-order chi connectivity index (χ1) is 6.84. The molecule has 1 aromatic carbocycles. The van der Waals surface area contributed by atoms with E-state index in [1.807, 2.05) is 30.3 Å². The second-order valence-corrected chi connectivity index (χ2v) is 2.91. The highest BCUT2D eigenvalue weighted by molar-refractivity contribution is 6.04. The van der Waals surface area contributed by atoms with Gasteiger partial charge < -0.3 is 10.1 Å². The van der Waals surface area contributed by atoms with E-state index < -0.39 is 0 Å². The highest BCUT2D eigenvalue weighted by Gasteiger charge is 2.12. The maximum Gasteiger partial charge on any atom is 0.247 e. The van der Waals surface area contributed by atoms with Gasteiger partial charge in [0, 0.05) is 0 Å². The SMILES string of the molecule is O=C1CN=C(COc2ccccc2)N1. The summed E-state index contributed by atoms with van der Waals surface area (Å²) in [4.78, 5) is 14.7. The van der Waals surface area contributed by atoms with Crippen LogP contribution in [0.2, 0.25) is 0 Å². The molecule has 1 aliphatic rings. The Morgan fingerprint density at radius 1 is 1.36 bits per heavy atom. The Balaban J connectivity index is 1.86. The van der Waals surface area contributed by atoms with Gasteiger partial charge in [-0.1, -0.05) is 18.2 Å². The van der Waals surface area contributed by atoms with Crippen molar-refractivity contribution < 1.29 is 9.53 Å². The van der Waals surface area contributed by atoms with Crippen LogP contribution in [0.3, 0.4) is 0 Å². The lowest BCUT2D eigenvalue weighted by molar-refractivity contribution is -0.117. The number of carbonyl (C=O) groups is 1. The quantitative estimate of drug-likeness (QED) is 0.758. The largest absolute Gasteiger partial charge is 0.486 e. The Kier molecular flexibility index (Phi) is 2.44. The lowest BCUT2D eigenvalue weighted by Crippen LogP contribution is -2.29. The second kappa shape index (κ2) is 3.91. The second-order valence-electron chi connectivity index (χ2n) is 2.91. The molecule has 0 aromatic heterocycles. The number of amidine groups is 1. The molecule has 0 radical (unpaired) electrons. The number of para-hydroxylation sites is 1. The number of amides is 1. The third-order valence-corrected chi connectivity index (χ3v) is 1.82. The van der Waals surface area contributed by atoms with E-state index in [-0.39, 0.29) is 12.5 Å². The van der Waals surface area contributed by atoms with Crippen LogP contribution in [-0.2, 0) is 4.79 Å². The summed E-state index contributed by atoms with van der Waals surface area (Å²) in [6.07, 6.45) is 0. The van der Waals surface area contributed by atoms with Gasteiger partial charge in [0.05, 0.1) is 0 Å². The highest BCUT2D eigenvalue weighted by Crippen LogP contribution is 2.07. The van der Waals surface area contributed by atoms with Gasteiger partial charge in [0.1, 0.15) is 24.7 Å². The summed E-state index contributed by atoms with van der Waals surface area (Å²) >= 11 is 0. The predicted octanol–water partition coefficient (Wildman–Crippen LogP) is 0.594. The summed E-state index contributed by atoms with van der Waals surface area (Å²) in [5.41, 5.74) is 0. The van der Waals surface area contributed by atoms with Crippen molar-refractivity contribution in [2.75, 3.05) is 13.2 Å². The molecule has 1 amide bonds. The molecule has 0 unspecified atom stereocenters. The highest BCUT2D eigenvalue weighted by atomic mass is 16.5. The van der Waals surface area contributed by atoms with Crippen molar-refractivity contribution in [3.63, 3.8) is 0 Å². The summed E-state index contributed by atoms with van der Waals surface area (Å²) < 4.78 is 5.39. The standard InChI is InChI=1S/C10H10N2O2/c13-10-6-11-9(12-10)7-14-8-4-2-1-3-5-8/h1-5H,6-7H2,(H,11,12,13). The molecule has 1 N–H and O–H groups in total. The third kappa shape index (κ3) is 2.10. The maximum absolute atomic E-state index is 10.8. The first-order valence-corrected chi connectivity index (χ1v) is 4.35. The molecule has 2 rings (SSSR count). The van der Waals surface area contributed by atoms with Gasteiger partial charge in [-0.25, -0.2) is 0 Å². The van der Waals surface area contributed by atoms with Crippen molar-refractivity contribution in [2.24, 2.45) is 4.99 Å². The molecule has 0 fully saturated rings. The van der Waals surface area contributed by atoms with Crippen LogP contribution < -0.4 is 10.1 Å². The maximum atomic E-state index is 10.8. The van der Waals surface area contributed by atoms with Crippen LogP contribution in [0.5, 0.6) is 5.75 Å². The number of aliphatic imine (C=N–C) groups is 1. The number of carbonyl (C=O) groups excluding carboxylic acids is 1. The minimum Gasteiger partial charge on any atom is -0.486 e. The molecule has 14 heavy (non-hydrogen) atoms. The van der Waals surface area contributed by atoms with Crippen LogP contribution in [0.25, 0.3) is 0 Å². The third-order valence-electron chi connectivity index (χ3n) is 1.82. The average Bonchev–Trinajstić information content (AvgIpc) is 2.63. The van der Waals surface area contributed by atoms with E-state index in [2.05, 4.69) is 10.3 Å². The van der Waals surface area contributed by atoms with Gasteiger partial charge in [0.15, 0.2) is 0 Å². The molecule has 1 aliphatic heterocycles. The Morgan fingerprint density at radius 2 is 2.14 bits per heavy atom. The van der Waals surface area contributed by atoms with Crippen molar-refractivity contribution in [3.05, 3.63) is 30.3 Å². The number of nitrogens with zero attached hydrogens (tertiary/aromatic N) is 1. The van der Waals surface area contributed by atoms with Crippen molar-refractivity contribution >= 4 is 11.7 Å². The van der Waals surface area contributed by atoms with E-state index in [0.717, 1.165) is 5.75 Å². The molecule has 0 atom stereocenters. The molecule has 4 heteroatoms. The van der Waals surface area contributed by atoms with Crippen LogP contribution >= 0.6 is 0 Å². The smallest absolute Gasteiger partial charge is 0.247 e. The van der Waals surface area contributed by atoms with E-state index in [1.165, 1.54) is 0 Å². The molecular weight excluding hydrogens is 180 g/mol. The number of nitrogens with one attached hydrogen (secondary N) is 1. The van der Waals surface area contributed by atoms with Gasteiger partial charge in [-0.2, -0.15) is 0 Å². The summed E-state index contributed by atoms with van der Waals surface area (Å²) in [5.74, 6) is 1.30. The normalized spacial score (nSPS) is 14.9. The predicted molar refractivity (Wildman–Crippen MR) is 52.4 cm³/mol. The zero-order valence-electron chi connectivity index (χ0n) is 7.56. The lowest BCUT2D eigenvalue weighted by Gasteiger charge is -2.04. The van der Waals surface area contributed by atoms with Gasteiger partial charge in [0.2, 0.25) is 5.91 Å². The zero-order chi connectivity index (χ0) is 9.80. The van der Waals surface area contributed by atoms with E-state index in [9.17, 15) is 4.79 Å². The van der Waals surface area contributed by atoms with Crippen molar-refractivity contribution in [1.29, 1.82) is 0 Å². The number of rotatable bonds is 3. The number of ether oxygens (including phenoxy) is 1. The van der Waals surface area contributed by atoms with Crippen molar-refractivity contribution in [2.45, 2.75) is 0 Å². The number of benzene rings is 1. The van der Waals surface area contributed by atoms with Crippen LogP contribution in [0.1, 0.15) is 0 Å². The van der Waals surface area contributed by atoms with Gasteiger partial charge >= 0.3 is 0 Å². The Morgan fingerprint density at radius 3 is 2.79 bits per heavy atom. The Hall–Kier alpha value is -1.84. The number of hydrogen-bond acceptors (Lipinski definition) is 3. The Bertz CT molecular complexity index is 360. The molecule has 1 heterocycles. The van der Waals surface area contributed by atoms with Crippen molar-refractivity contribution in [1.82, 2.24) is 5.32 Å². The van der Waals surface area contributed by atoms with Gasteiger partial charge in [0.25, 0.3) is 0 Å². The molecule has 0 saturated heterocycles. The van der Waals surface area contributed by atoms with E-state index in [0.29, 0.717) is 12.4 Å². The topological polar surface area (TPSA) is 50.7 Å². The van der Waals surface area contributed by atoms with Crippen LogP contribution in [-0.4, -0.2) is 24.9 Å². The molecular formula is C10H10N2O2. The molecule has 0 bridgehead atoms. The first kappa shape index (κ1) is 8.74. The molecule has 1 aromatic rings. The molecule has 72 valence electrons. The van der Waals surface area contributed by atoms with Crippen LogP contribution in [0, 0.1) is 0 Å². The zero-order valence-corrected chi connectivity index (χ0v) is 7.56. The fourth-order valence-corrected chi connectivity index (χ4v) is 1.16. The summed E-state index contributed by atoms with van der Waals surface area (Å²) in [6, 6.07) is 9.42. The fourth-order valence-electron chi connectivity index (χ4n) is 1.16. The van der Waals surface area contributed by atoms with Crippen LogP contribution in [0.15, 0.2) is 35.3 Å².